The summed E-state index contributed by atoms with van der Waals surface area (Å²) in [5.41, 5.74) is 5.74. The van der Waals surface area contributed by atoms with E-state index in [1.807, 2.05) is 18.2 Å². The fourth-order valence-corrected chi connectivity index (χ4v) is 1.78. The summed E-state index contributed by atoms with van der Waals surface area (Å²) in [6.07, 6.45) is 5.59. The molecule has 0 atom stereocenters. The normalized spacial score (nSPS) is 11.2. The number of aromatic nitrogens is 1. The van der Waals surface area contributed by atoms with Crippen molar-refractivity contribution in [3.05, 3.63) is 56.4 Å². The number of H-pyrrole nitrogens is 1. The van der Waals surface area contributed by atoms with Crippen LogP contribution in [0.1, 0.15) is 12.0 Å². The lowest BCUT2D eigenvalue weighted by Crippen LogP contribution is -2.09. The van der Waals surface area contributed by atoms with Gasteiger partial charge in [0.1, 0.15) is 0 Å². The number of hydrogen-bond donors (Lipinski definition) is 2. The van der Waals surface area contributed by atoms with Gasteiger partial charge in [-0.05, 0) is 30.7 Å². The molecule has 0 unspecified atom stereocenters. The average molecular weight is 259 g/mol. The van der Waals surface area contributed by atoms with Crippen molar-refractivity contribution in [2.75, 3.05) is 6.54 Å². The number of rotatable bonds is 4. The summed E-state index contributed by atoms with van der Waals surface area (Å²) in [6, 6.07) is 5.19. The van der Waals surface area contributed by atoms with Gasteiger partial charge in [0.25, 0.3) is 5.43 Å². The van der Waals surface area contributed by atoms with Crippen molar-refractivity contribution in [3.8, 4) is 0 Å². The van der Waals surface area contributed by atoms with Crippen LogP contribution >= 0.6 is 0 Å². The van der Waals surface area contributed by atoms with Gasteiger partial charge in [0.2, 0.25) is 0 Å². The molecular weight excluding hydrogens is 246 g/mol. The van der Waals surface area contributed by atoms with Gasteiger partial charge in [0.15, 0.2) is 0 Å². The summed E-state index contributed by atoms with van der Waals surface area (Å²) in [6.45, 7) is 0.552. The smallest absolute Gasteiger partial charge is 0.332 e. The molecule has 0 spiro atoms. The van der Waals surface area contributed by atoms with Gasteiger partial charge in [0.05, 0.1) is 16.5 Å². The Kier molecular flexibility index (Phi) is 3.72. The van der Waals surface area contributed by atoms with Gasteiger partial charge in [-0.1, -0.05) is 18.2 Å². The molecule has 3 N–H and O–H groups in total. The summed E-state index contributed by atoms with van der Waals surface area (Å²) in [5, 5.41) is 11.0. The Morgan fingerprint density at radius 3 is 2.89 bits per heavy atom. The zero-order chi connectivity index (χ0) is 13.8. The summed E-state index contributed by atoms with van der Waals surface area (Å²) in [5.74, 6) is 0. The standard InChI is InChI=1S/C13H13N3O3/c14-6-2-1-3-9-4-5-11-10(7-9)13(17)12(8-15-11)16(18)19/h1,3-5,7-8H,2,6,14H2,(H,15,17). The van der Waals surface area contributed by atoms with Crippen LogP contribution in [0.4, 0.5) is 5.69 Å². The van der Waals surface area contributed by atoms with Crippen LogP contribution in [0.25, 0.3) is 17.0 Å². The maximum Gasteiger partial charge on any atom is 0.332 e. The van der Waals surface area contributed by atoms with Crippen LogP contribution in [-0.4, -0.2) is 16.5 Å². The first-order valence-corrected chi connectivity index (χ1v) is 5.80. The van der Waals surface area contributed by atoms with Crippen molar-refractivity contribution in [1.29, 1.82) is 0 Å². The van der Waals surface area contributed by atoms with Crippen LogP contribution in [0.2, 0.25) is 0 Å². The van der Waals surface area contributed by atoms with Gasteiger partial charge in [-0.3, -0.25) is 14.9 Å². The van der Waals surface area contributed by atoms with E-state index in [4.69, 9.17) is 5.73 Å². The molecule has 1 aromatic heterocycles. The lowest BCUT2D eigenvalue weighted by atomic mass is 10.1. The van der Waals surface area contributed by atoms with Gasteiger partial charge in [0, 0.05) is 5.52 Å². The molecule has 0 aliphatic heterocycles. The molecule has 0 aliphatic rings. The van der Waals surface area contributed by atoms with E-state index in [-0.39, 0.29) is 0 Å². The Morgan fingerprint density at radius 2 is 2.21 bits per heavy atom. The third kappa shape index (κ3) is 2.69. The van der Waals surface area contributed by atoms with E-state index in [1.165, 1.54) is 0 Å². The number of aromatic amines is 1. The number of nitrogens with one attached hydrogen (secondary N) is 1. The van der Waals surface area contributed by atoms with Crippen molar-refractivity contribution in [2.45, 2.75) is 6.42 Å². The molecule has 1 heterocycles. The summed E-state index contributed by atoms with van der Waals surface area (Å²) >= 11 is 0. The van der Waals surface area contributed by atoms with Crippen LogP contribution < -0.4 is 11.2 Å². The van der Waals surface area contributed by atoms with Crippen LogP contribution in [0, 0.1) is 10.1 Å². The van der Waals surface area contributed by atoms with E-state index in [9.17, 15) is 14.9 Å². The van der Waals surface area contributed by atoms with E-state index >= 15 is 0 Å². The number of hydrogen-bond acceptors (Lipinski definition) is 4. The fourth-order valence-electron chi connectivity index (χ4n) is 1.78. The Morgan fingerprint density at radius 1 is 1.42 bits per heavy atom. The molecule has 1 aromatic carbocycles. The largest absolute Gasteiger partial charge is 0.355 e. The molecule has 0 amide bonds. The van der Waals surface area contributed by atoms with Crippen LogP contribution in [0.5, 0.6) is 0 Å². The number of pyridine rings is 1. The number of benzene rings is 1. The SMILES string of the molecule is NCCC=Cc1ccc2[nH]cc([N+](=O)[O-])c(=O)c2c1. The molecule has 6 nitrogen and oxygen atoms in total. The van der Waals surface area contributed by atoms with Crippen molar-refractivity contribution in [2.24, 2.45) is 5.73 Å². The summed E-state index contributed by atoms with van der Waals surface area (Å²) < 4.78 is 0. The quantitative estimate of drug-likeness (QED) is 0.645. The monoisotopic (exact) mass is 259 g/mol. The summed E-state index contributed by atoms with van der Waals surface area (Å²) in [4.78, 5) is 24.7. The predicted molar refractivity (Wildman–Crippen MR) is 73.9 cm³/mol. The highest BCUT2D eigenvalue weighted by Crippen LogP contribution is 2.15. The van der Waals surface area contributed by atoms with Crippen molar-refractivity contribution in [1.82, 2.24) is 4.98 Å². The van der Waals surface area contributed by atoms with E-state index in [2.05, 4.69) is 4.98 Å². The Labute approximate surface area is 108 Å². The van der Waals surface area contributed by atoms with E-state index < -0.39 is 16.0 Å². The van der Waals surface area contributed by atoms with Crippen molar-refractivity contribution >= 4 is 22.7 Å². The molecule has 0 saturated heterocycles. The molecule has 0 radical (unpaired) electrons. The van der Waals surface area contributed by atoms with Crippen LogP contribution in [0.3, 0.4) is 0 Å². The van der Waals surface area contributed by atoms with Gasteiger partial charge in [-0.2, -0.15) is 0 Å². The first kappa shape index (κ1) is 13.0. The minimum atomic E-state index is -0.685. The lowest BCUT2D eigenvalue weighted by Gasteiger charge is -1.99. The van der Waals surface area contributed by atoms with E-state index in [0.717, 1.165) is 18.2 Å². The maximum atomic E-state index is 11.9. The second-order valence-electron chi connectivity index (χ2n) is 4.04. The molecule has 98 valence electrons. The highest BCUT2D eigenvalue weighted by molar-refractivity contribution is 5.82. The Hall–Kier alpha value is -2.47. The van der Waals surface area contributed by atoms with Gasteiger partial charge >= 0.3 is 5.69 Å². The van der Waals surface area contributed by atoms with Crippen molar-refractivity contribution in [3.63, 3.8) is 0 Å². The molecule has 0 aliphatic carbocycles. The minimum Gasteiger partial charge on any atom is -0.355 e. The maximum absolute atomic E-state index is 11.9. The Bertz CT molecular complexity index is 704. The molecule has 2 rings (SSSR count). The predicted octanol–water partition coefficient (Wildman–Crippen LogP) is 1.80. The fraction of sp³-hybridized carbons (Fsp3) is 0.154. The third-order valence-electron chi connectivity index (χ3n) is 2.73. The lowest BCUT2D eigenvalue weighted by molar-refractivity contribution is -0.386. The Balaban J connectivity index is 2.54. The molecule has 0 bridgehead atoms. The molecular formula is C13H13N3O3. The van der Waals surface area contributed by atoms with E-state index in [0.29, 0.717) is 17.4 Å². The minimum absolute atomic E-state index is 0.309. The van der Waals surface area contributed by atoms with Crippen LogP contribution in [-0.2, 0) is 0 Å². The number of fused-ring (bicyclic) bond motifs is 1. The van der Waals surface area contributed by atoms with Gasteiger partial charge < -0.3 is 10.7 Å². The number of nitrogens with two attached hydrogens (primary N) is 1. The number of nitrogens with zero attached hydrogens (tertiary/aromatic N) is 1. The molecule has 0 fully saturated rings. The third-order valence-corrected chi connectivity index (χ3v) is 2.73. The molecule has 0 saturated carbocycles. The number of nitro groups is 1. The summed E-state index contributed by atoms with van der Waals surface area (Å²) in [7, 11) is 0. The molecule has 2 aromatic rings. The van der Waals surface area contributed by atoms with Crippen molar-refractivity contribution < 1.29 is 4.92 Å². The molecule has 6 heteroatoms. The molecule has 19 heavy (non-hydrogen) atoms. The van der Waals surface area contributed by atoms with Gasteiger partial charge in [-0.25, -0.2) is 0 Å². The highest BCUT2D eigenvalue weighted by atomic mass is 16.6. The zero-order valence-corrected chi connectivity index (χ0v) is 10.1. The zero-order valence-electron chi connectivity index (χ0n) is 10.1. The van der Waals surface area contributed by atoms with Gasteiger partial charge in [-0.15, -0.1) is 0 Å². The second kappa shape index (κ2) is 5.45. The van der Waals surface area contributed by atoms with Crippen LogP contribution in [0.15, 0.2) is 35.3 Å². The second-order valence-corrected chi connectivity index (χ2v) is 4.04. The average Bonchev–Trinajstić information content (AvgIpc) is 2.39. The highest BCUT2D eigenvalue weighted by Gasteiger charge is 2.14. The first-order valence-electron chi connectivity index (χ1n) is 5.80. The topological polar surface area (TPSA) is 102 Å². The first-order chi connectivity index (χ1) is 9.13. The van der Waals surface area contributed by atoms with E-state index in [1.54, 1.807) is 12.1 Å².